The Bertz CT molecular complexity index is 380. The van der Waals surface area contributed by atoms with Crippen LogP contribution in [-0.4, -0.2) is 29.0 Å². The molecule has 0 atom stereocenters. The number of hydrogen-bond donors (Lipinski definition) is 1. The fraction of sp³-hybridized carbons (Fsp3) is 0.500. The second-order valence-electron chi connectivity index (χ2n) is 3.98. The molecule has 1 aromatic rings. The predicted octanol–water partition coefficient (Wildman–Crippen LogP) is 2.61. The van der Waals surface area contributed by atoms with Gasteiger partial charge in [0, 0.05) is 11.9 Å². The maximum absolute atomic E-state index is 8.65. The van der Waals surface area contributed by atoms with Crippen molar-refractivity contribution in [3.63, 3.8) is 0 Å². The largest absolute Gasteiger partial charge is 0.392 e. The molecule has 1 aromatic heterocycles. The van der Waals surface area contributed by atoms with Crippen LogP contribution in [0.15, 0.2) is 16.4 Å². The molecule has 0 amide bonds. The quantitative estimate of drug-likeness (QED) is 0.801. The maximum atomic E-state index is 8.65. The van der Waals surface area contributed by atoms with Gasteiger partial charge in [-0.3, -0.25) is 4.99 Å². The van der Waals surface area contributed by atoms with E-state index in [1.54, 1.807) is 17.4 Å². The molecule has 0 aromatic carbocycles. The first-order chi connectivity index (χ1) is 7.63. The molecule has 0 aliphatic rings. The first kappa shape index (κ1) is 13.1. The van der Waals surface area contributed by atoms with E-state index in [4.69, 9.17) is 5.11 Å². The summed E-state index contributed by atoms with van der Waals surface area (Å²) < 4.78 is 0. The maximum Gasteiger partial charge on any atom is 0.137 e. The second-order valence-corrected chi connectivity index (χ2v) is 4.84. The van der Waals surface area contributed by atoms with E-state index in [1.165, 1.54) is 0 Å². The van der Waals surface area contributed by atoms with Crippen molar-refractivity contribution >= 4 is 23.1 Å². The van der Waals surface area contributed by atoms with Gasteiger partial charge in [-0.15, -0.1) is 11.3 Å². The molecule has 3 nitrogen and oxygen atoms in total. The van der Waals surface area contributed by atoms with Crippen LogP contribution in [0.3, 0.4) is 0 Å². The fourth-order valence-electron chi connectivity index (χ4n) is 1.09. The second kappa shape index (κ2) is 6.55. The van der Waals surface area contributed by atoms with Gasteiger partial charge in [-0.2, -0.15) is 0 Å². The molecule has 0 bridgehead atoms. The normalized spacial score (nSPS) is 12.9. The van der Waals surface area contributed by atoms with E-state index in [2.05, 4.69) is 23.8 Å². The summed E-state index contributed by atoms with van der Waals surface area (Å²) in [5.41, 5.74) is 1.87. The van der Waals surface area contributed by atoms with E-state index < -0.39 is 0 Å². The molecule has 1 N–H and O–H groups in total. The summed E-state index contributed by atoms with van der Waals surface area (Å²) in [6, 6.07) is 0. The monoisotopic (exact) mass is 238 g/mol. The molecule has 88 valence electrons. The topological polar surface area (TPSA) is 45.5 Å². The first-order valence-electron chi connectivity index (χ1n) is 5.37. The third kappa shape index (κ3) is 4.24. The molecule has 4 heteroatoms. The molecule has 0 aliphatic heterocycles. The van der Waals surface area contributed by atoms with E-state index in [0.29, 0.717) is 5.92 Å². The Balaban J connectivity index is 2.69. The van der Waals surface area contributed by atoms with E-state index in [1.807, 2.05) is 18.4 Å². The summed E-state index contributed by atoms with van der Waals surface area (Å²) in [7, 11) is 0. The summed E-state index contributed by atoms with van der Waals surface area (Å²) in [4.78, 5) is 8.89. The molecular weight excluding hydrogens is 220 g/mol. The lowest BCUT2D eigenvalue weighted by molar-refractivity contribution is 0.343. The molecule has 1 heterocycles. The van der Waals surface area contributed by atoms with Crippen molar-refractivity contribution in [3.05, 3.63) is 22.2 Å². The van der Waals surface area contributed by atoms with Crippen LogP contribution in [0.5, 0.6) is 0 Å². The van der Waals surface area contributed by atoms with Crippen LogP contribution in [-0.2, 0) is 0 Å². The molecule has 0 saturated carbocycles. The predicted molar refractivity (Wildman–Crippen MR) is 70.1 cm³/mol. The van der Waals surface area contributed by atoms with Crippen molar-refractivity contribution in [2.75, 3.05) is 13.2 Å². The molecule has 1 rings (SSSR count). The van der Waals surface area contributed by atoms with Crippen LogP contribution in [0.1, 0.15) is 31.5 Å². The van der Waals surface area contributed by atoms with E-state index in [-0.39, 0.29) is 6.61 Å². The number of aliphatic hydroxyl groups excluding tert-OH is 1. The third-order valence-corrected chi connectivity index (χ3v) is 2.89. The Hall–Kier alpha value is -1.00. The van der Waals surface area contributed by atoms with Crippen LogP contribution < -0.4 is 0 Å². The van der Waals surface area contributed by atoms with Gasteiger partial charge >= 0.3 is 0 Å². The van der Waals surface area contributed by atoms with Gasteiger partial charge in [0.2, 0.25) is 0 Å². The molecule has 16 heavy (non-hydrogen) atoms. The number of rotatable bonds is 5. The number of nitrogens with zero attached hydrogens (tertiary/aromatic N) is 2. The molecule has 0 spiro atoms. The van der Waals surface area contributed by atoms with Gasteiger partial charge in [-0.1, -0.05) is 19.9 Å². The minimum absolute atomic E-state index is 0.0489. The highest BCUT2D eigenvalue weighted by Gasteiger charge is 2.03. The van der Waals surface area contributed by atoms with Crippen molar-refractivity contribution in [2.45, 2.75) is 20.8 Å². The molecule has 0 unspecified atom stereocenters. The van der Waals surface area contributed by atoms with Gasteiger partial charge in [-0.05, 0) is 18.9 Å². The van der Waals surface area contributed by atoms with Gasteiger partial charge in [0.25, 0.3) is 0 Å². The number of aromatic nitrogens is 1. The van der Waals surface area contributed by atoms with Crippen LogP contribution in [0.2, 0.25) is 0 Å². The molecular formula is C12H18N2OS. The van der Waals surface area contributed by atoms with Gasteiger partial charge < -0.3 is 5.11 Å². The van der Waals surface area contributed by atoms with Crippen LogP contribution in [0.25, 0.3) is 6.08 Å². The van der Waals surface area contributed by atoms with Crippen LogP contribution >= 0.6 is 11.3 Å². The highest BCUT2D eigenvalue weighted by molar-refractivity contribution is 7.11. The summed E-state index contributed by atoms with van der Waals surface area (Å²) in [6.07, 6.45) is 3.50. The highest BCUT2D eigenvalue weighted by atomic mass is 32.1. The Kier molecular flexibility index (Phi) is 5.35. The van der Waals surface area contributed by atoms with Gasteiger partial charge in [0.1, 0.15) is 5.01 Å². The lowest BCUT2D eigenvalue weighted by Crippen LogP contribution is -1.99. The smallest absolute Gasteiger partial charge is 0.137 e. The first-order valence-corrected chi connectivity index (χ1v) is 6.25. The Labute approximate surface area is 101 Å². The van der Waals surface area contributed by atoms with E-state index in [0.717, 1.165) is 23.0 Å². The Morgan fingerprint density at radius 3 is 3.00 bits per heavy atom. The SMILES string of the molecule is CC(=NCC(C)C)c1nc(/C=C/CO)cs1. The van der Waals surface area contributed by atoms with Gasteiger partial charge in [0.15, 0.2) is 0 Å². The standard InChI is InChI=1S/C12H18N2OS/c1-9(2)7-13-10(3)12-14-11(8-16-12)5-4-6-15/h4-5,8-9,15H,6-7H2,1-3H3/b5-4+,13-10?. The van der Waals surface area contributed by atoms with Crippen molar-refractivity contribution in [2.24, 2.45) is 10.9 Å². The van der Waals surface area contributed by atoms with Crippen molar-refractivity contribution in [1.29, 1.82) is 0 Å². The number of hydrogen-bond acceptors (Lipinski definition) is 4. The average Bonchev–Trinajstić information content (AvgIpc) is 2.71. The van der Waals surface area contributed by atoms with Crippen LogP contribution in [0, 0.1) is 5.92 Å². The molecule has 0 aliphatic carbocycles. The number of aliphatic imine (C=N–C) groups is 1. The zero-order valence-corrected chi connectivity index (χ0v) is 10.8. The summed E-state index contributed by atoms with van der Waals surface area (Å²) in [5, 5.41) is 11.6. The van der Waals surface area contributed by atoms with E-state index in [9.17, 15) is 0 Å². The summed E-state index contributed by atoms with van der Waals surface area (Å²) in [6.45, 7) is 7.17. The summed E-state index contributed by atoms with van der Waals surface area (Å²) in [5.74, 6) is 0.573. The minimum Gasteiger partial charge on any atom is -0.392 e. The Morgan fingerprint density at radius 1 is 1.62 bits per heavy atom. The molecule has 0 fully saturated rings. The van der Waals surface area contributed by atoms with E-state index >= 15 is 0 Å². The van der Waals surface area contributed by atoms with Gasteiger partial charge in [0.05, 0.1) is 18.0 Å². The zero-order chi connectivity index (χ0) is 12.0. The Morgan fingerprint density at radius 2 is 2.38 bits per heavy atom. The molecule has 0 saturated heterocycles. The third-order valence-electron chi connectivity index (χ3n) is 1.92. The molecule has 0 radical (unpaired) electrons. The van der Waals surface area contributed by atoms with Crippen molar-refractivity contribution in [1.82, 2.24) is 4.98 Å². The fourth-order valence-corrected chi connectivity index (χ4v) is 1.85. The number of thiazole rings is 1. The summed E-state index contributed by atoms with van der Waals surface area (Å²) >= 11 is 1.58. The van der Waals surface area contributed by atoms with Gasteiger partial charge in [-0.25, -0.2) is 4.98 Å². The minimum atomic E-state index is 0.0489. The highest BCUT2D eigenvalue weighted by Crippen LogP contribution is 2.12. The lowest BCUT2D eigenvalue weighted by atomic mass is 10.2. The van der Waals surface area contributed by atoms with Crippen molar-refractivity contribution < 1.29 is 5.11 Å². The lowest BCUT2D eigenvalue weighted by Gasteiger charge is -1.99. The zero-order valence-electron chi connectivity index (χ0n) is 9.97. The number of aliphatic hydroxyl groups is 1. The average molecular weight is 238 g/mol. The van der Waals surface area contributed by atoms with Crippen LogP contribution in [0.4, 0.5) is 0 Å². The van der Waals surface area contributed by atoms with Crippen molar-refractivity contribution in [3.8, 4) is 0 Å².